The largest absolute Gasteiger partial charge is 3.00 e. The Labute approximate surface area is 313 Å². The molecule has 0 bridgehead atoms. The molecule has 2 atom stereocenters. The SMILES string of the molecule is CC1=C(C)C(C)C(C2=C(C)C(C)=C(C)C2C)=C1C.CC1=[C-]C(C)(C)C(C)=C1C.[C-]1=CC=CC1.[CH3-].[CH3-].[CH3-].[Cl-].[Cl-].[Cl][Zr][Cl].[Zr+3]. The second kappa shape index (κ2) is 25.0. The first-order valence-electron chi connectivity index (χ1n) is 12.9. The third-order valence-corrected chi connectivity index (χ3v) is 8.72. The maximum atomic E-state index is 4.93. The van der Waals surface area contributed by atoms with Crippen molar-refractivity contribution < 1.29 is 71.9 Å². The average Bonchev–Trinajstić information content (AvgIpc) is 3.55. The Bertz CT molecular complexity index is 1030. The summed E-state index contributed by atoms with van der Waals surface area (Å²) in [6, 6.07) is 0. The van der Waals surface area contributed by atoms with Gasteiger partial charge in [0.1, 0.15) is 0 Å². The third-order valence-electron chi connectivity index (χ3n) is 8.72. The van der Waals surface area contributed by atoms with Crippen LogP contribution in [0.25, 0.3) is 0 Å². The Kier molecular flexibility index (Phi) is 32.9. The van der Waals surface area contributed by atoms with Crippen molar-refractivity contribution in [2.75, 3.05) is 0 Å². The zero-order chi connectivity index (χ0) is 28.0. The maximum Gasteiger partial charge on any atom is 3.00 e. The van der Waals surface area contributed by atoms with Gasteiger partial charge in [0.05, 0.1) is 0 Å². The first kappa shape index (κ1) is 55.3. The van der Waals surface area contributed by atoms with E-state index >= 15 is 0 Å². The summed E-state index contributed by atoms with van der Waals surface area (Å²) in [5.74, 6) is 1.19. The Morgan fingerprint density at radius 3 is 1.19 bits per heavy atom. The monoisotopic (exact) mass is 807 g/mol. The summed E-state index contributed by atoms with van der Waals surface area (Å²) in [6.07, 6.45) is 13.4. The van der Waals surface area contributed by atoms with Crippen molar-refractivity contribution in [1.29, 1.82) is 0 Å². The van der Waals surface area contributed by atoms with Crippen molar-refractivity contribution in [3.05, 3.63) is 114 Å². The third kappa shape index (κ3) is 13.7. The fraction of sp³-hybridized carbons (Fsp3) is 0.472. The van der Waals surface area contributed by atoms with E-state index in [-0.39, 0.29) is 78.7 Å². The molecule has 0 spiro atoms. The predicted molar refractivity (Wildman–Crippen MR) is 178 cm³/mol. The second-order valence-electron chi connectivity index (χ2n) is 10.8. The molecule has 239 valence electrons. The maximum absolute atomic E-state index is 4.93. The molecule has 0 aromatic heterocycles. The van der Waals surface area contributed by atoms with Gasteiger partial charge in [0, 0.05) is 11.8 Å². The summed E-state index contributed by atoms with van der Waals surface area (Å²) in [5, 5.41) is 0. The molecule has 4 aliphatic carbocycles. The first-order chi connectivity index (χ1) is 16.6. The van der Waals surface area contributed by atoms with Crippen molar-refractivity contribution in [2.45, 2.75) is 96.4 Å². The topological polar surface area (TPSA) is 0 Å². The molecule has 2 unspecified atom stereocenters. The van der Waals surface area contributed by atoms with Crippen molar-refractivity contribution in [3.8, 4) is 0 Å². The van der Waals surface area contributed by atoms with E-state index in [1.54, 1.807) is 22.3 Å². The summed E-state index contributed by atoms with van der Waals surface area (Å²) in [7, 11) is 9.87. The Balaban J connectivity index is -0.000000116. The molecule has 0 saturated carbocycles. The zero-order valence-corrected chi connectivity index (χ0v) is 37.0. The van der Waals surface area contributed by atoms with Gasteiger partial charge in [-0.1, -0.05) is 58.1 Å². The quantitative estimate of drug-likeness (QED) is 0.258. The number of hydrogen-bond acceptors (Lipinski definition) is 0. The van der Waals surface area contributed by atoms with Gasteiger partial charge in [0.25, 0.3) is 0 Å². The van der Waals surface area contributed by atoms with Crippen LogP contribution >= 0.6 is 17.0 Å². The molecule has 0 aliphatic heterocycles. The molecule has 0 nitrogen and oxygen atoms in total. The summed E-state index contributed by atoms with van der Waals surface area (Å²) in [6.45, 7) is 29.4. The van der Waals surface area contributed by atoms with Crippen LogP contribution in [0.3, 0.4) is 0 Å². The minimum Gasteiger partial charge on any atom is 3.00 e. The number of hydrogen-bond donors (Lipinski definition) is 0. The van der Waals surface area contributed by atoms with Crippen molar-refractivity contribution in [3.63, 3.8) is 0 Å². The van der Waals surface area contributed by atoms with Crippen molar-refractivity contribution in [1.82, 2.24) is 0 Å². The number of rotatable bonds is 1. The molecular weight excluding hydrogens is 757 g/mol. The number of allylic oxidation sites excluding steroid dienone is 16. The van der Waals surface area contributed by atoms with E-state index in [9.17, 15) is 0 Å². The molecule has 6 heteroatoms. The van der Waals surface area contributed by atoms with Gasteiger partial charge in [0.15, 0.2) is 0 Å². The fourth-order valence-electron chi connectivity index (χ4n) is 5.34. The van der Waals surface area contributed by atoms with Gasteiger partial charge in [-0.05, 0) is 75.0 Å². The van der Waals surface area contributed by atoms with Gasteiger partial charge in [-0.3, -0.25) is 12.2 Å². The van der Waals surface area contributed by atoms with Crippen LogP contribution in [-0.4, -0.2) is 0 Å². The Hall–Kier alpha value is 0.846. The van der Waals surface area contributed by atoms with Crippen molar-refractivity contribution in [2.24, 2.45) is 17.3 Å². The normalized spacial score (nSPS) is 20.6. The van der Waals surface area contributed by atoms with E-state index in [4.69, 9.17) is 17.0 Å². The van der Waals surface area contributed by atoms with E-state index in [2.05, 4.69) is 108 Å². The van der Waals surface area contributed by atoms with Crippen LogP contribution in [0.2, 0.25) is 0 Å². The minimum absolute atomic E-state index is 0. The summed E-state index contributed by atoms with van der Waals surface area (Å²) in [5.41, 5.74) is 16.8. The second-order valence-corrected chi connectivity index (χ2v) is 14.6. The first-order valence-corrected chi connectivity index (χ1v) is 19.2. The molecule has 0 amide bonds. The summed E-state index contributed by atoms with van der Waals surface area (Å²) >= 11 is -0.826. The molecule has 0 N–H and O–H groups in total. The molecule has 1 radical (unpaired) electrons. The van der Waals surface area contributed by atoms with Crippen LogP contribution in [0.15, 0.2) is 79.5 Å². The van der Waals surface area contributed by atoms with Crippen LogP contribution < -0.4 is 24.8 Å². The molecule has 0 fully saturated rings. The Morgan fingerprint density at radius 1 is 0.714 bits per heavy atom. The molecule has 4 aliphatic rings. The van der Waals surface area contributed by atoms with E-state index in [1.165, 1.54) is 39.0 Å². The standard InChI is InChI=1S/C18H26.C10H15.C5H5.3CH3.4ClH.2Zr/c1-9-10(2)14(6)17(13(9)5)18-15(7)11(3)12(4)16(18)8;1-7-6-10(4,5)9(3)8(7)2;1-2-4-5-3-1;;;;;;;;;/h13,15H,1-8H3;1-5H3;1-3H,4H2;3*1H3;4*1H;;/q;5*-1;;;;;+2;+3/p-4. The average molecular weight is 812 g/mol. The molecule has 0 heterocycles. The van der Waals surface area contributed by atoms with Crippen LogP contribution in [0.4, 0.5) is 0 Å². The van der Waals surface area contributed by atoms with Crippen LogP contribution in [0, 0.1) is 51.7 Å². The van der Waals surface area contributed by atoms with E-state index < -0.39 is 20.8 Å². The summed E-state index contributed by atoms with van der Waals surface area (Å²) < 4.78 is 0. The Morgan fingerprint density at radius 2 is 1.07 bits per heavy atom. The predicted octanol–water partition coefficient (Wildman–Crippen LogP) is 6.74. The molecule has 4 rings (SSSR count). The van der Waals surface area contributed by atoms with Crippen molar-refractivity contribution >= 4 is 17.0 Å². The minimum atomic E-state index is -0.826. The van der Waals surface area contributed by atoms with Crippen LogP contribution in [0.5, 0.6) is 0 Å². The van der Waals surface area contributed by atoms with E-state index in [0.717, 1.165) is 6.42 Å². The van der Waals surface area contributed by atoms with Crippen LogP contribution in [-0.2, 0) is 47.1 Å². The van der Waals surface area contributed by atoms with E-state index in [0.29, 0.717) is 11.8 Å². The molecule has 0 aromatic rings. The van der Waals surface area contributed by atoms with Gasteiger partial charge in [-0.2, -0.15) is 17.2 Å². The zero-order valence-electron chi connectivity index (χ0n) is 29.1. The molecule has 42 heavy (non-hydrogen) atoms. The number of halogens is 4. The molecule has 0 aromatic carbocycles. The van der Waals surface area contributed by atoms with Gasteiger partial charge < -0.3 is 47.1 Å². The summed E-state index contributed by atoms with van der Waals surface area (Å²) in [4.78, 5) is 0. The van der Waals surface area contributed by atoms with Gasteiger partial charge in [-0.25, -0.2) is 17.7 Å². The smallest absolute Gasteiger partial charge is 3.00 e. The fourth-order valence-corrected chi connectivity index (χ4v) is 5.34. The van der Waals surface area contributed by atoms with E-state index in [1.807, 2.05) is 12.2 Å². The van der Waals surface area contributed by atoms with Crippen LogP contribution in [0.1, 0.15) is 96.4 Å². The molecule has 0 saturated heterocycles. The van der Waals surface area contributed by atoms with Gasteiger partial charge in [-0.15, -0.1) is 13.3 Å². The molecular formula is C36H55Cl4Zr2-4. The van der Waals surface area contributed by atoms with Gasteiger partial charge in [0.2, 0.25) is 0 Å². The van der Waals surface area contributed by atoms with Gasteiger partial charge >= 0.3 is 64.1 Å².